The second-order valence-electron chi connectivity index (χ2n) is 3.84. The quantitative estimate of drug-likeness (QED) is 0.749. The highest BCUT2D eigenvalue weighted by Gasteiger charge is 2.07. The van der Waals surface area contributed by atoms with Crippen LogP contribution in [0.25, 0.3) is 0 Å². The average molecular weight is 205 g/mol. The molecule has 15 heavy (non-hydrogen) atoms. The van der Waals surface area contributed by atoms with Crippen LogP contribution in [0.4, 0.5) is 0 Å². The van der Waals surface area contributed by atoms with Crippen molar-refractivity contribution in [2.24, 2.45) is 5.73 Å². The number of rotatable bonds is 5. The van der Waals surface area contributed by atoms with E-state index in [4.69, 9.17) is 10.5 Å². The molecule has 0 fully saturated rings. The number of hydrogen-bond donors (Lipinski definition) is 1. The molecule has 0 aliphatic rings. The van der Waals surface area contributed by atoms with E-state index in [1.54, 1.807) is 6.08 Å². The smallest absolute Gasteiger partial charge is 0.125 e. The summed E-state index contributed by atoms with van der Waals surface area (Å²) in [5, 5.41) is 0. The van der Waals surface area contributed by atoms with E-state index in [1.165, 1.54) is 5.56 Å². The second kappa shape index (κ2) is 5.56. The van der Waals surface area contributed by atoms with Gasteiger partial charge in [0.25, 0.3) is 0 Å². The van der Waals surface area contributed by atoms with Crippen molar-refractivity contribution in [3.8, 4) is 5.75 Å². The number of aryl methyl sites for hydroxylation is 1. The van der Waals surface area contributed by atoms with Gasteiger partial charge in [0, 0.05) is 6.04 Å². The third-order valence-corrected chi connectivity index (χ3v) is 2.18. The monoisotopic (exact) mass is 205 g/mol. The molecule has 0 aliphatic heterocycles. The molecule has 0 heterocycles. The Morgan fingerprint density at radius 2 is 2.27 bits per heavy atom. The van der Waals surface area contributed by atoms with Crippen molar-refractivity contribution in [1.82, 2.24) is 0 Å². The predicted molar refractivity (Wildman–Crippen MR) is 64.2 cm³/mol. The number of para-hydroxylation sites is 1. The van der Waals surface area contributed by atoms with E-state index in [1.807, 2.05) is 26.0 Å². The maximum atomic E-state index is 5.80. The van der Waals surface area contributed by atoms with Gasteiger partial charge in [0.1, 0.15) is 12.4 Å². The normalized spacial score (nSPS) is 12.2. The van der Waals surface area contributed by atoms with Gasteiger partial charge in [0.15, 0.2) is 0 Å². The van der Waals surface area contributed by atoms with Gasteiger partial charge in [-0.05, 0) is 31.4 Å². The maximum Gasteiger partial charge on any atom is 0.125 e. The predicted octanol–water partition coefficient (Wildman–Crippen LogP) is 2.45. The van der Waals surface area contributed by atoms with Crippen LogP contribution < -0.4 is 10.5 Å². The lowest BCUT2D eigenvalue weighted by atomic mass is 10.0. The molecule has 0 bridgehead atoms. The van der Waals surface area contributed by atoms with Crippen LogP contribution in [-0.4, -0.2) is 12.6 Å². The fraction of sp³-hybridized carbons (Fsp3) is 0.385. The third kappa shape index (κ3) is 3.40. The first-order valence-corrected chi connectivity index (χ1v) is 5.23. The standard InChI is InChI=1S/C13H19NO/c1-4-8-15-13-10(2)6-5-7-12(13)9-11(3)14/h4-7,11H,1,8-9,14H2,2-3H3. The average Bonchev–Trinajstić information content (AvgIpc) is 2.16. The van der Waals surface area contributed by atoms with E-state index >= 15 is 0 Å². The largest absolute Gasteiger partial charge is 0.489 e. The summed E-state index contributed by atoms with van der Waals surface area (Å²) in [6.07, 6.45) is 2.59. The zero-order valence-corrected chi connectivity index (χ0v) is 9.49. The first kappa shape index (κ1) is 11.8. The molecule has 2 heteroatoms. The van der Waals surface area contributed by atoms with Crippen molar-refractivity contribution >= 4 is 0 Å². The molecule has 82 valence electrons. The van der Waals surface area contributed by atoms with Crippen molar-refractivity contribution in [2.45, 2.75) is 26.3 Å². The van der Waals surface area contributed by atoms with Crippen LogP contribution in [0.2, 0.25) is 0 Å². The molecule has 1 rings (SSSR count). The number of nitrogens with two attached hydrogens (primary N) is 1. The Morgan fingerprint density at radius 3 is 2.87 bits per heavy atom. The Kier molecular flexibility index (Phi) is 4.37. The minimum atomic E-state index is 0.151. The van der Waals surface area contributed by atoms with E-state index in [0.29, 0.717) is 6.61 Å². The Hall–Kier alpha value is -1.28. The van der Waals surface area contributed by atoms with Gasteiger partial charge in [-0.25, -0.2) is 0 Å². The molecular weight excluding hydrogens is 186 g/mol. The summed E-state index contributed by atoms with van der Waals surface area (Å²) in [5.41, 5.74) is 8.12. The molecular formula is C13H19NO. The van der Waals surface area contributed by atoms with Crippen molar-refractivity contribution in [2.75, 3.05) is 6.61 Å². The molecule has 2 nitrogen and oxygen atoms in total. The van der Waals surface area contributed by atoms with Crippen LogP contribution in [0.1, 0.15) is 18.1 Å². The van der Waals surface area contributed by atoms with Crippen LogP contribution in [0.5, 0.6) is 5.75 Å². The van der Waals surface area contributed by atoms with Crippen LogP contribution in [-0.2, 0) is 6.42 Å². The van der Waals surface area contributed by atoms with Crippen molar-refractivity contribution < 1.29 is 4.74 Å². The molecule has 0 spiro atoms. The number of benzene rings is 1. The van der Waals surface area contributed by atoms with Crippen LogP contribution >= 0.6 is 0 Å². The van der Waals surface area contributed by atoms with Crippen LogP contribution in [0, 0.1) is 6.92 Å². The summed E-state index contributed by atoms with van der Waals surface area (Å²) >= 11 is 0. The molecule has 1 atom stereocenters. The zero-order chi connectivity index (χ0) is 11.3. The van der Waals surface area contributed by atoms with E-state index < -0.39 is 0 Å². The van der Waals surface area contributed by atoms with E-state index in [-0.39, 0.29) is 6.04 Å². The summed E-state index contributed by atoms with van der Waals surface area (Å²) in [6.45, 7) is 8.23. The first-order valence-electron chi connectivity index (χ1n) is 5.23. The molecule has 0 radical (unpaired) electrons. The minimum Gasteiger partial charge on any atom is -0.489 e. The lowest BCUT2D eigenvalue weighted by Gasteiger charge is -2.14. The molecule has 0 saturated carbocycles. The van der Waals surface area contributed by atoms with E-state index in [2.05, 4.69) is 12.6 Å². The Balaban J connectivity index is 2.91. The molecule has 1 aromatic carbocycles. The highest BCUT2D eigenvalue weighted by Crippen LogP contribution is 2.24. The Bertz CT molecular complexity index is 331. The Morgan fingerprint density at radius 1 is 1.53 bits per heavy atom. The van der Waals surface area contributed by atoms with Crippen molar-refractivity contribution in [3.63, 3.8) is 0 Å². The highest BCUT2D eigenvalue weighted by atomic mass is 16.5. The van der Waals surface area contributed by atoms with Crippen LogP contribution in [0.15, 0.2) is 30.9 Å². The molecule has 2 N–H and O–H groups in total. The summed E-state index contributed by atoms with van der Waals surface area (Å²) in [6, 6.07) is 6.30. The second-order valence-corrected chi connectivity index (χ2v) is 3.84. The maximum absolute atomic E-state index is 5.80. The van der Waals surface area contributed by atoms with Crippen molar-refractivity contribution in [1.29, 1.82) is 0 Å². The van der Waals surface area contributed by atoms with E-state index in [9.17, 15) is 0 Å². The van der Waals surface area contributed by atoms with Gasteiger partial charge in [-0.1, -0.05) is 30.9 Å². The van der Waals surface area contributed by atoms with Gasteiger partial charge in [0.2, 0.25) is 0 Å². The van der Waals surface area contributed by atoms with Gasteiger partial charge in [-0.3, -0.25) is 0 Å². The van der Waals surface area contributed by atoms with Gasteiger partial charge in [0.05, 0.1) is 0 Å². The van der Waals surface area contributed by atoms with E-state index in [0.717, 1.165) is 17.7 Å². The Labute approximate surface area is 91.7 Å². The molecule has 1 unspecified atom stereocenters. The van der Waals surface area contributed by atoms with Gasteiger partial charge >= 0.3 is 0 Å². The molecule has 0 aromatic heterocycles. The minimum absolute atomic E-state index is 0.151. The zero-order valence-electron chi connectivity index (χ0n) is 9.49. The van der Waals surface area contributed by atoms with Crippen molar-refractivity contribution in [3.05, 3.63) is 42.0 Å². The van der Waals surface area contributed by atoms with Gasteiger partial charge in [-0.2, -0.15) is 0 Å². The fourth-order valence-electron chi connectivity index (χ4n) is 1.57. The lowest BCUT2D eigenvalue weighted by Crippen LogP contribution is -2.18. The van der Waals surface area contributed by atoms with Gasteiger partial charge < -0.3 is 10.5 Å². The summed E-state index contributed by atoms with van der Waals surface area (Å²) in [4.78, 5) is 0. The third-order valence-electron chi connectivity index (χ3n) is 2.18. The molecule has 0 aliphatic carbocycles. The lowest BCUT2D eigenvalue weighted by molar-refractivity contribution is 0.355. The number of ether oxygens (including phenoxy) is 1. The summed E-state index contributed by atoms with van der Waals surface area (Å²) in [7, 11) is 0. The van der Waals surface area contributed by atoms with Crippen LogP contribution in [0.3, 0.4) is 0 Å². The fourth-order valence-corrected chi connectivity index (χ4v) is 1.57. The molecule has 1 aromatic rings. The molecule has 0 amide bonds. The first-order chi connectivity index (χ1) is 7.15. The summed E-state index contributed by atoms with van der Waals surface area (Å²) < 4.78 is 5.64. The highest BCUT2D eigenvalue weighted by molar-refractivity contribution is 5.41. The van der Waals surface area contributed by atoms with Gasteiger partial charge in [-0.15, -0.1) is 0 Å². The molecule has 0 saturated heterocycles. The number of hydrogen-bond acceptors (Lipinski definition) is 2. The summed E-state index contributed by atoms with van der Waals surface area (Å²) in [5.74, 6) is 0.953. The SMILES string of the molecule is C=CCOc1c(C)cccc1CC(C)N. The topological polar surface area (TPSA) is 35.2 Å².